The predicted octanol–water partition coefficient (Wildman–Crippen LogP) is 4.81. The first-order valence-corrected chi connectivity index (χ1v) is 11.8. The summed E-state index contributed by atoms with van der Waals surface area (Å²) >= 11 is 6.29. The first-order valence-electron chi connectivity index (χ1n) is 11.4. The molecule has 0 aliphatic carbocycles. The number of para-hydroxylation sites is 1. The Hall–Kier alpha value is -2.50. The molecule has 5 nitrogen and oxygen atoms in total. The largest absolute Gasteiger partial charge is 0.492 e. The molecule has 2 aliphatic heterocycles. The lowest BCUT2D eigenvalue weighted by Crippen LogP contribution is -2.46. The van der Waals surface area contributed by atoms with Crippen LogP contribution in [0.5, 0.6) is 5.75 Å². The third-order valence-corrected chi connectivity index (χ3v) is 7.28. The summed E-state index contributed by atoms with van der Waals surface area (Å²) in [7, 11) is 4.16. The zero-order valence-corrected chi connectivity index (χ0v) is 19.6. The first kappa shape index (κ1) is 21.4. The number of rotatable bonds is 5. The fraction of sp³-hybridized carbons (Fsp3) is 0.423. The van der Waals surface area contributed by atoms with E-state index < -0.39 is 0 Å². The monoisotopic (exact) mass is 451 g/mol. The van der Waals surface area contributed by atoms with Gasteiger partial charge < -0.3 is 19.1 Å². The van der Waals surface area contributed by atoms with Crippen LogP contribution >= 0.6 is 11.6 Å². The molecule has 0 atom stereocenters. The van der Waals surface area contributed by atoms with Gasteiger partial charge in [0.1, 0.15) is 5.75 Å². The summed E-state index contributed by atoms with van der Waals surface area (Å²) in [5, 5.41) is 1.68. The summed E-state index contributed by atoms with van der Waals surface area (Å²) in [5.41, 5.74) is 3.16. The molecule has 1 fully saturated rings. The Bertz CT molecular complexity index is 1150. The fourth-order valence-corrected chi connectivity index (χ4v) is 5.39. The van der Waals surface area contributed by atoms with Gasteiger partial charge in [-0.1, -0.05) is 35.9 Å². The molecular formula is C26H30ClN3O2. The van der Waals surface area contributed by atoms with Crippen LogP contribution in [0.25, 0.3) is 10.9 Å². The topological polar surface area (TPSA) is 37.7 Å². The number of nitrogens with zero attached hydrogens (tertiary/aromatic N) is 3. The van der Waals surface area contributed by atoms with E-state index in [0.717, 1.165) is 74.3 Å². The molecule has 3 aromatic rings. The molecule has 3 heterocycles. The maximum absolute atomic E-state index is 13.6. The summed E-state index contributed by atoms with van der Waals surface area (Å²) in [6, 6.07) is 14.2. The molecule has 1 aromatic heterocycles. The van der Waals surface area contributed by atoms with Crippen LogP contribution in [0.1, 0.15) is 35.2 Å². The van der Waals surface area contributed by atoms with Gasteiger partial charge in [0.2, 0.25) is 0 Å². The van der Waals surface area contributed by atoms with E-state index in [2.05, 4.69) is 41.8 Å². The van der Waals surface area contributed by atoms with Crippen LogP contribution in [-0.4, -0.2) is 60.6 Å². The summed E-state index contributed by atoms with van der Waals surface area (Å²) < 4.78 is 8.16. The van der Waals surface area contributed by atoms with Crippen LogP contribution in [0.15, 0.2) is 48.7 Å². The standard InChI is InChI=1S/C26H30ClN3O2/c1-28(2)12-5-13-30-17-21(20-9-8-19(27)16-23(20)30)25(31)29-14-10-26(11-15-29)18-32-24-7-4-3-6-22(24)26/h3-4,6-9,16-17H,5,10-15,18H2,1-2H3. The van der Waals surface area contributed by atoms with Crippen molar-refractivity contribution in [2.75, 3.05) is 40.3 Å². The number of carbonyl (C=O) groups excluding carboxylic acids is 1. The molecule has 168 valence electrons. The molecule has 2 aromatic carbocycles. The van der Waals surface area contributed by atoms with Crippen molar-refractivity contribution < 1.29 is 9.53 Å². The second-order valence-corrected chi connectivity index (χ2v) is 9.85. The predicted molar refractivity (Wildman–Crippen MR) is 129 cm³/mol. The van der Waals surface area contributed by atoms with Crippen molar-refractivity contribution in [2.45, 2.75) is 31.2 Å². The van der Waals surface area contributed by atoms with Gasteiger partial charge in [0.25, 0.3) is 5.91 Å². The van der Waals surface area contributed by atoms with E-state index in [9.17, 15) is 4.79 Å². The van der Waals surface area contributed by atoms with Gasteiger partial charge in [-0.3, -0.25) is 4.79 Å². The normalized spacial score (nSPS) is 17.2. The summed E-state index contributed by atoms with van der Waals surface area (Å²) in [6.45, 7) is 4.08. The number of likely N-dealkylation sites (tertiary alicyclic amines) is 1. The smallest absolute Gasteiger partial charge is 0.256 e. The van der Waals surface area contributed by atoms with E-state index in [0.29, 0.717) is 5.02 Å². The molecule has 1 spiro atoms. The third-order valence-electron chi connectivity index (χ3n) is 7.05. The Kier molecular flexibility index (Phi) is 5.64. The number of amides is 1. The minimum absolute atomic E-state index is 0.0427. The number of hydrogen-bond donors (Lipinski definition) is 0. The van der Waals surface area contributed by atoms with Crippen LogP contribution in [0.4, 0.5) is 0 Å². The van der Waals surface area contributed by atoms with Gasteiger partial charge in [-0.25, -0.2) is 0 Å². The molecule has 1 amide bonds. The minimum Gasteiger partial charge on any atom is -0.492 e. The molecule has 0 radical (unpaired) electrons. The van der Waals surface area contributed by atoms with Crippen LogP contribution in [0, 0.1) is 0 Å². The molecule has 0 N–H and O–H groups in total. The van der Waals surface area contributed by atoms with Crippen LogP contribution < -0.4 is 4.74 Å². The lowest BCUT2D eigenvalue weighted by Gasteiger charge is -2.38. The summed E-state index contributed by atoms with van der Waals surface area (Å²) in [6.07, 6.45) is 4.91. The van der Waals surface area contributed by atoms with Crippen molar-refractivity contribution >= 4 is 28.4 Å². The molecule has 6 heteroatoms. The van der Waals surface area contributed by atoms with Gasteiger partial charge in [-0.2, -0.15) is 0 Å². The average molecular weight is 452 g/mol. The molecule has 5 rings (SSSR count). The SMILES string of the molecule is CN(C)CCCn1cc(C(=O)N2CCC3(CC2)COc2ccccc23)c2ccc(Cl)cc21. The Morgan fingerprint density at radius 3 is 2.72 bits per heavy atom. The van der Waals surface area contributed by atoms with E-state index in [-0.39, 0.29) is 11.3 Å². The number of ether oxygens (including phenoxy) is 1. The molecule has 0 unspecified atom stereocenters. The Balaban J connectivity index is 1.36. The number of halogens is 1. The second-order valence-electron chi connectivity index (χ2n) is 9.41. The van der Waals surface area contributed by atoms with Crippen molar-refractivity contribution in [3.8, 4) is 5.75 Å². The maximum Gasteiger partial charge on any atom is 0.256 e. The highest BCUT2D eigenvalue weighted by Crippen LogP contribution is 2.45. The van der Waals surface area contributed by atoms with Crippen molar-refractivity contribution in [3.05, 3.63) is 64.8 Å². The Labute approximate surface area is 194 Å². The van der Waals surface area contributed by atoms with Crippen molar-refractivity contribution in [2.24, 2.45) is 0 Å². The van der Waals surface area contributed by atoms with Crippen LogP contribution in [-0.2, 0) is 12.0 Å². The summed E-state index contributed by atoms with van der Waals surface area (Å²) in [4.78, 5) is 17.8. The molecule has 0 saturated carbocycles. The van der Waals surface area contributed by atoms with E-state index in [1.165, 1.54) is 5.56 Å². The lowest BCUT2D eigenvalue weighted by molar-refractivity contribution is 0.0648. The zero-order chi connectivity index (χ0) is 22.3. The van der Waals surface area contributed by atoms with E-state index >= 15 is 0 Å². The van der Waals surface area contributed by atoms with Crippen molar-refractivity contribution in [1.82, 2.24) is 14.4 Å². The summed E-state index contributed by atoms with van der Waals surface area (Å²) in [5.74, 6) is 1.12. The van der Waals surface area contributed by atoms with Crippen molar-refractivity contribution in [3.63, 3.8) is 0 Å². The van der Waals surface area contributed by atoms with Gasteiger partial charge in [-0.15, -0.1) is 0 Å². The van der Waals surface area contributed by atoms with Gasteiger partial charge in [0.05, 0.1) is 17.7 Å². The quantitative estimate of drug-likeness (QED) is 0.558. The van der Waals surface area contributed by atoms with Gasteiger partial charge in [0.15, 0.2) is 0 Å². The maximum atomic E-state index is 13.6. The highest BCUT2D eigenvalue weighted by atomic mass is 35.5. The minimum atomic E-state index is 0.0427. The second kappa shape index (κ2) is 8.45. The average Bonchev–Trinajstić information content (AvgIpc) is 3.33. The van der Waals surface area contributed by atoms with E-state index in [1.54, 1.807) is 0 Å². The zero-order valence-electron chi connectivity index (χ0n) is 18.8. The van der Waals surface area contributed by atoms with Crippen molar-refractivity contribution in [1.29, 1.82) is 0 Å². The Morgan fingerprint density at radius 1 is 1.16 bits per heavy atom. The van der Waals surface area contributed by atoms with Crippen LogP contribution in [0.2, 0.25) is 5.02 Å². The molecule has 1 saturated heterocycles. The van der Waals surface area contributed by atoms with Gasteiger partial charge in [-0.05, 0) is 58.1 Å². The number of benzene rings is 2. The van der Waals surface area contributed by atoms with Crippen LogP contribution in [0.3, 0.4) is 0 Å². The number of fused-ring (bicyclic) bond motifs is 3. The van der Waals surface area contributed by atoms with E-state index in [1.807, 2.05) is 35.4 Å². The lowest BCUT2D eigenvalue weighted by atomic mass is 9.74. The number of piperidine rings is 1. The number of hydrogen-bond acceptors (Lipinski definition) is 3. The van der Waals surface area contributed by atoms with Gasteiger partial charge >= 0.3 is 0 Å². The van der Waals surface area contributed by atoms with E-state index in [4.69, 9.17) is 16.3 Å². The molecular weight excluding hydrogens is 422 g/mol. The Morgan fingerprint density at radius 2 is 1.94 bits per heavy atom. The molecule has 0 bridgehead atoms. The fourth-order valence-electron chi connectivity index (χ4n) is 5.22. The number of aryl methyl sites for hydroxylation is 1. The molecule has 32 heavy (non-hydrogen) atoms. The highest BCUT2D eigenvalue weighted by Gasteiger charge is 2.43. The number of carbonyl (C=O) groups is 1. The number of aromatic nitrogens is 1. The first-order chi connectivity index (χ1) is 15.5. The van der Waals surface area contributed by atoms with Gasteiger partial charge in [0, 0.05) is 47.2 Å². The third kappa shape index (κ3) is 3.78. The highest BCUT2D eigenvalue weighted by molar-refractivity contribution is 6.31. The molecule has 2 aliphatic rings.